The van der Waals surface area contributed by atoms with Gasteiger partial charge in [-0.1, -0.05) is 0 Å². The van der Waals surface area contributed by atoms with E-state index in [-0.39, 0.29) is 0 Å². The first-order valence-corrected chi connectivity index (χ1v) is 4.85. The number of aromatic nitrogens is 1. The molecule has 0 N–H and O–H groups in total. The van der Waals surface area contributed by atoms with Crippen LogP contribution in [0.3, 0.4) is 0 Å². The maximum absolute atomic E-state index is 5.31. The van der Waals surface area contributed by atoms with Crippen molar-refractivity contribution in [2.45, 2.75) is 0 Å². The Morgan fingerprint density at radius 2 is 1.75 bits per heavy atom. The molecular formula is C12H13NO3. The molecule has 1 heterocycles. The van der Waals surface area contributed by atoms with Gasteiger partial charge in [0.25, 0.3) is 0 Å². The van der Waals surface area contributed by atoms with Gasteiger partial charge in [0.15, 0.2) is 11.5 Å². The molecule has 0 saturated carbocycles. The first-order valence-electron chi connectivity index (χ1n) is 4.85. The van der Waals surface area contributed by atoms with Gasteiger partial charge < -0.3 is 14.2 Å². The Balaban J connectivity index is 2.83. The van der Waals surface area contributed by atoms with Crippen LogP contribution in [0.4, 0.5) is 0 Å². The van der Waals surface area contributed by atoms with Crippen molar-refractivity contribution in [1.29, 1.82) is 0 Å². The van der Waals surface area contributed by atoms with E-state index < -0.39 is 0 Å². The molecule has 0 bridgehead atoms. The van der Waals surface area contributed by atoms with Crippen molar-refractivity contribution >= 4 is 10.9 Å². The Hall–Kier alpha value is -1.97. The zero-order valence-electron chi connectivity index (χ0n) is 9.48. The molecular weight excluding hydrogens is 206 g/mol. The van der Waals surface area contributed by atoms with Crippen LogP contribution in [0.25, 0.3) is 10.9 Å². The predicted octanol–water partition coefficient (Wildman–Crippen LogP) is 2.26. The molecule has 0 spiro atoms. The summed E-state index contributed by atoms with van der Waals surface area (Å²) in [6.07, 6.45) is 1.71. The molecule has 2 rings (SSSR count). The average molecular weight is 219 g/mol. The number of pyridine rings is 1. The smallest absolute Gasteiger partial charge is 0.187 e. The maximum Gasteiger partial charge on any atom is 0.187 e. The number of ether oxygens (including phenoxy) is 3. The lowest BCUT2D eigenvalue weighted by atomic mass is 10.1. The molecule has 0 radical (unpaired) electrons. The molecule has 0 aliphatic rings. The van der Waals surface area contributed by atoms with E-state index >= 15 is 0 Å². The lowest BCUT2D eigenvalue weighted by molar-refractivity contribution is 0.353. The topological polar surface area (TPSA) is 40.6 Å². The highest BCUT2D eigenvalue weighted by Crippen LogP contribution is 2.39. The van der Waals surface area contributed by atoms with Crippen LogP contribution in [0.5, 0.6) is 17.2 Å². The van der Waals surface area contributed by atoms with Gasteiger partial charge in [-0.25, -0.2) is 0 Å². The SMILES string of the molecule is COc1cc(OC)c2cccnc2c1OC. The van der Waals surface area contributed by atoms with Gasteiger partial charge in [0.05, 0.1) is 21.3 Å². The largest absolute Gasteiger partial charge is 0.496 e. The first-order chi connectivity index (χ1) is 7.81. The highest BCUT2D eigenvalue weighted by Gasteiger charge is 2.14. The molecule has 0 fully saturated rings. The minimum atomic E-state index is 0.616. The van der Waals surface area contributed by atoms with E-state index in [0.717, 1.165) is 16.7 Å². The molecule has 16 heavy (non-hydrogen) atoms. The van der Waals surface area contributed by atoms with Gasteiger partial charge in [-0.05, 0) is 12.1 Å². The van der Waals surface area contributed by atoms with Crippen molar-refractivity contribution in [2.75, 3.05) is 21.3 Å². The van der Waals surface area contributed by atoms with E-state index in [1.807, 2.05) is 12.1 Å². The van der Waals surface area contributed by atoms with E-state index in [4.69, 9.17) is 14.2 Å². The summed E-state index contributed by atoms with van der Waals surface area (Å²) in [4.78, 5) is 4.28. The van der Waals surface area contributed by atoms with Crippen molar-refractivity contribution in [3.8, 4) is 17.2 Å². The van der Waals surface area contributed by atoms with E-state index in [9.17, 15) is 0 Å². The van der Waals surface area contributed by atoms with Crippen molar-refractivity contribution in [1.82, 2.24) is 4.98 Å². The molecule has 1 aromatic heterocycles. The van der Waals surface area contributed by atoms with Gasteiger partial charge in [-0.15, -0.1) is 0 Å². The summed E-state index contributed by atoms with van der Waals surface area (Å²) in [5.74, 6) is 1.96. The van der Waals surface area contributed by atoms with Gasteiger partial charge in [0, 0.05) is 17.6 Å². The number of nitrogens with zero attached hydrogens (tertiary/aromatic N) is 1. The Morgan fingerprint density at radius 3 is 2.38 bits per heavy atom. The highest BCUT2D eigenvalue weighted by atomic mass is 16.5. The molecule has 2 aromatic rings. The van der Waals surface area contributed by atoms with Crippen LogP contribution in [-0.2, 0) is 0 Å². The fourth-order valence-electron chi connectivity index (χ4n) is 1.68. The van der Waals surface area contributed by atoms with Crippen molar-refractivity contribution in [2.24, 2.45) is 0 Å². The monoisotopic (exact) mass is 219 g/mol. The normalized spacial score (nSPS) is 10.2. The molecule has 0 amide bonds. The fourth-order valence-corrected chi connectivity index (χ4v) is 1.68. The molecule has 0 atom stereocenters. The minimum absolute atomic E-state index is 0.616. The number of benzene rings is 1. The molecule has 0 aliphatic carbocycles. The number of hydrogen-bond donors (Lipinski definition) is 0. The number of rotatable bonds is 3. The Morgan fingerprint density at radius 1 is 1.00 bits per heavy atom. The van der Waals surface area contributed by atoms with Crippen LogP contribution in [-0.4, -0.2) is 26.3 Å². The molecule has 0 saturated heterocycles. The predicted molar refractivity (Wildman–Crippen MR) is 61.4 cm³/mol. The summed E-state index contributed by atoms with van der Waals surface area (Å²) in [7, 11) is 4.80. The van der Waals surface area contributed by atoms with Gasteiger partial charge in [-0.3, -0.25) is 4.98 Å². The summed E-state index contributed by atoms with van der Waals surface area (Å²) < 4.78 is 15.8. The Bertz CT molecular complexity index is 511. The van der Waals surface area contributed by atoms with Crippen LogP contribution in [0.15, 0.2) is 24.4 Å². The van der Waals surface area contributed by atoms with Crippen LogP contribution < -0.4 is 14.2 Å². The maximum atomic E-state index is 5.31. The van der Waals surface area contributed by atoms with E-state index in [1.54, 1.807) is 33.6 Å². The molecule has 4 nitrogen and oxygen atoms in total. The zero-order valence-corrected chi connectivity index (χ0v) is 9.48. The summed E-state index contributed by atoms with van der Waals surface area (Å²) in [5.41, 5.74) is 0.737. The van der Waals surface area contributed by atoms with Crippen LogP contribution in [0.2, 0.25) is 0 Å². The van der Waals surface area contributed by atoms with Crippen LogP contribution >= 0.6 is 0 Å². The van der Waals surface area contributed by atoms with Crippen LogP contribution in [0.1, 0.15) is 0 Å². The Kier molecular flexibility index (Phi) is 2.81. The zero-order chi connectivity index (χ0) is 11.5. The molecule has 4 heteroatoms. The van der Waals surface area contributed by atoms with Crippen molar-refractivity contribution in [3.63, 3.8) is 0 Å². The molecule has 0 unspecified atom stereocenters. The van der Waals surface area contributed by atoms with Crippen LogP contribution in [0, 0.1) is 0 Å². The van der Waals surface area contributed by atoms with Crippen molar-refractivity contribution in [3.05, 3.63) is 24.4 Å². The highest BCUT2D eigenvalue weighted by molar-refractivity contribution is 5.92. The molecule has 0 aliphatic heterocycles. The first kappa shape index (κ1) is 10.5. The molecule has 1 aromatic carbocycles. The quantitative estimate of drug-likeness (QED) is 0.794. The number of fused-ring (bicyclic) bond motifs is 1. The lowest BCUT2D eigenvalue weighted by Gasteiger charge is -2.12. The van der Waals surface area contributed by atoms with E-state index in [1.165, 1.54) is 0 Å². The molecule has 84 valence electrons. The van der Waals surface area contributed by atoms with Gasteiger partial charge >= 0.3 is 0 Å². The minimum Gasteiger partial charge on any atom is -0.496 e. The summed E-state index contributed by atoms with van der Waals surface area (Å²) in [5, 5.41) is 0.905. The second kappa shape index (κ2) is 4.26. The van der Waals surface area contributed by atoms with Gasteiger partial charge in [0.1, 0.15) is 11.3 Å². The number of hydrogen-bond acceptors (Lipinski definition) is 4. The summed E-state index contributed by atoms with van der Waals surface area (Å²) in [6, 6.07) is 5.59. The average Bonchev–Trinajstić information content (AvgIpc) is 2.36. The van der Waals surface area contributed by atoms with E-state index in [0.29, 0.717) is 11.5 Å². The van der Waals surface area contributed by atoms with E-state index in [2.05, 4.69) is 4.98 Å². The summed E-state index contributed by atoms with van der Waals surface area (Å²) >= 11 is 0. The summed E-state index contributed by atoms with van der Waals surface area (Å²) in [6.45, 7) is 0. The number of methoxy groups -OCH3 is 3. The third-order valence-electron chi connectivity index (χ3n) is 2.42. The standard InChI is InChI=1S/C12H13NO3/c1-14-9-7-10(15-2)12(16-3)11-8(9)5-4-6-13-11/h4-7H,1-3H3. The Labute approximate surface area is 93.8 Å². The van der Waals surface area contributed by atoms with Gasteiger partial charge in [-0.2, -0.15) is 0 Å². The fraction of sp³-hybridized carbons (Fsp3) is 0.250. The third kappa shape index (κ3) is 1.52. The third-order valence-corrected chi connectivity index (χ3v) is 2.42. The second-order valence-electron chi connectivity index (χ2n) is 3.21. The van der Waals surface area contributed by atoms with Gasteiger partial charge in [0.2, 0.25) is 0 Å². The second-order valence-corrected chi connectivity index (χ2v) is 3.21. The lowest BCUT2D eigenvalue weighted by Crippen LogP contribution is -1.95. The van der Waals surface area contributed by atoms with Crippen molar-refractivity contribution < 1.29 is 14.2 Å².